The van der Waals surface area contributed by atoms with Crippen molar-refractivity contribution in [2.24, 2.45) is 0 Å². The van der Waals surface area contributed by atoms with Crippen molar-refractivity contribution < 1.29 is 9.59 Å². The molecule has 3 rings (SSSR count). The molecular formula is C21H18Cl2N2O2S2. The van der Waals surface area contributed by atoms with Crippen LogP contribution in [-0.4, -0.2) is 17.1 Å². The number of nitrogens with one attached hydrogen (secondary N) is 2. The third kappa shape index (κ3) is 6.24. The number of anilines is 2. The van der Waals surface area contributed by atoms with Gasteiger partial charge < -0.3 is 10.6 Å². The van der Waals surface area contributed by atoms with Gasteiger partial charge in [0.15, 0.2) is 0 Å². The molecule has 2 aromatic carbocycles. The Morgan fingerprint density at radius 1 is 1.00 bits per heavy atom. The van der Waals surface area contributed by atoms with Crippen LogP contribution in [0.4, 0.5) is 11.4 Å². The van der Waals surface area contributed by atoms with E-state index in [4.69, 9.17) is 23.2 Å². The predicted molar refractivity (Wildman–Crippen MR) is 124 cm³/mol. The van der Waals surface area contributed by atoms with Gasteiger partial charge in [-0.05, 0) is 54.3 Å². The molecule has 150 valence electrons. The first-order valence-electron chi connectivity index (χ1n) is 8.83. The van der Waals surface area contributed by atoms with Crippen LogP contribution in [-0.2, 0) is 4.79 Å². The minimum atomic E-state index is -0.309. The molecule has 29 heavy (non-hydrogen) atoms. The lowest BCUT2D eigenvalue weighted by atomic mass is 10.2. The number of rotatable bonds is 7. The van der Waals surface area contributed by atoms with Crippen LogP contribution in [0.2, 0.25) is 10.0 Å². The average Bonchev–Trinajstić information content (AvgIpc) is 3.20. The second kappa shape index (κ2) is 10.2. The van der Waals surface area contributed by atoms with Gasteiger partial charge in [0.2, 0.25) is 5.91 Å². The van der Waals surface area contributed by atoms with Gasteiger partial charge in [0.05, 0.1) is 10.1 Å². The van der Waals surface area contributed by atoms with E-state index in [1.165, 1.54) is 23.1 Å². The fourth-order valence-electron chi connectivity index (χ4n) is 2.58. The maximum absolute atomic E-state index is 12.7. The summed E-state index contributed by atoms with van der Waals surface area (Å²) in [5, 5.41) is 8.22. The number of amides is 2. The summed E-state index contributed by atoms with van der Waals surface area (Å²) in [6.07, 6.45) is 0.635. The van der Waals surface area contributed by atoms with E-state index in [1.54, 1.807) is 24.3 Å². The SMILES string of the molecule is CCC(Sc1cccc(NC(=O)c2cccs2)c1)C(=O)Nc1cc(Cl)cc(Cl)c1. The van der Waals surface area contributed by atoms with Gasteiger partial charge in [-0.15, -0.1) is 23.1 Å². The van der Waals surface area contributed by atoms with Gasteiger partial charge in [-0.3, -0.25) is 9.59 Å². The molecule has 0 aliphatic rings. The quantitative estimate of drug-likeness (QED) is 0.377. The molecule has 0 saturated carbocycles. The maximum atomic E-state index is 12.7. The van der Waals surface area contributed by atoms with E-state index in [0.717, 1.165) is 4.90 Å². The standard InChI is InChI=1S/C21H18Cl2N2O2S2/c1-2-18(20(26)25-16-10-13(22)9-14(23)11-16)29-17-6-3-5-15(12-17)24-21(27)19-7-4-8-28-19/h3-12,18H,2H2,1H3,(H,24,27)(H,25,26). The topological polar surface area (TPSA) is 58.2 Å². The Kier molecular flexibility index (Phi) is 7.61. The molecule has 0 aliphatic heterocycles. The Balaban J connectivity index is 1.67. The number of hydrogen-bond acceptors (Lipinski definition) is 4. The largest absolute Gasteiger partial charge is 0.325 e. The molecule has 1 heterocycles. The normalized spacial score (nSPS) is 11.7. The van der Waals surface area contributed by atoms with Crippen LogP contribution in [0.1, 0.15) is 23.0 Å². The summed E-state index contributed by atoms with van der Waals surface area (Å²) in [7, 11) is 0. The monoisotopic (exact) mass is 464 g/mol. The van der Waals surface area contributed by atoms with Crippen molar-refractivity contribution in [1.29, 1.82) is 0 Å². The van der Waals surface area contributed by atoms with E-state index in [1.807, 2.05) is 42.6 Å². The zero-order valence-electron chi connectivity index (χ0n) is 15.4. The van der Waals surface area contributed by atoms with Crippen LogP contribution in [0, 0.1) is 0 Å². The maximum Gasteiger partial charge on any atom is 0.265 e. The van der Waals surface area contributed by atoms with Gasteiger partial charge in [-0.1, -0.05) is 42.3 Å². The van der Waals surface area contributed by atoms with Crippen molar-refractivity contribution in [3.05, 3.63) is 74.9 Å². The Morgan fingerprint density at radius 2 is 1.76 bits per heavy atom. The first-order chi connectivity index (χ1) is 13.9. The van der Waals surface area contributed by atoms with Crippen LogP contribution in [0.5, 0.6) is 0 Å². The summed E-state index contributed by atoms with van der Waals surface area (Å²) in [6, 6.07) is 16.0. The first-order valence-corrected chi connectivity index (χ1v) is 11.3. The first kappa shape index (κ1) is 21.7. The van der Waals surface area contributed by atoms with Crippen molar-refractivity contribution in [1.82, 2.24) is 0 Å². The molecule has 0 aliphatic carbocycles. The third-order valence-corrected chi connectivity index (χ3v) is 6.57. The minimum absolute atomic E-state index is 0.135. The molecule has 8 heteroatoms. The molecule has 0 saturated heterocycles. The fraction of sp³-hybridized carbons (Fsp3) is 0.143. The van der Waals surface area contributed by atoms with Crippen LogP contribution in [0.15, 0.2) is 64.9 Å². The highest BCUT2D eigenvalue weighted by atomic mass is 35.5. The van der Waals surface area contributed by atoms with Crippen molar-refractivity contribution in [3.8, 4) is 0 Å². The number of thiophene rings is 1. The van der Waals surface area contributed by atoms with E-state index < -0.39 is 0 Å². The summed E-state index contributed by atoms with van der Waals surface area (Å²) < 4.78 is 0. The van der Waals surface area contributed by atoms with Gasteiger partial charge in [0.1, 0.15) is 0 Å². The molecule has 2 N–H and O–H groups in total. The molecule has 1 unspecified atom stereocenters. The van der Waals surface area contributed by atoms with E-state index in [0.29, 0.717) is 32.7 Å². The van der Waals surface area contributed by atoms with Gasteiger partial charge in [0, 0.05) is 26.3 Å². The number of thioether (sulfide) groups is 1. The Hall–Kier alpha value is -1.99. The van der Waals surface area contributed by atoms with E-state index in [9.17, 15) is 9.59 Å². The summed E-state index contributed by atoms with van der Waals surface area (Å²) >= 11 is 14.8. The van der Waals surface area contributed by atoms with Crippen molar-refractivity contribution in [3.63, 3.8) is 0 Å². The molecule has 0 spiro atoms. The van der Waals surface area contributed by atoms with Gasteiger partial charge in [-0.2, -0.15) is 0 Å². The number of carbonyl (C=O) groups is 2. The predicted octanol–water partition coefficient (Wildman–Crippen LogP) is 6.82. The Bertz CT molecular complexity index is 989. The Labute approximate surface area is 187 Å². The van der Waals surface area contributed by atoms with E-state index in [-0.39, 0.29) is 17.1 Å². The molecule has 4 nitrogen and oxygen atoms in total. The summed E-state index contributed by atoms with van der Waals surface area (Å²) in [4.78, 5) is 26.5. The minimum Gasteiger partial charge on any atom is -0.325 e. The lowest BCUT2D eigenvalue weighted by molar-refractivity contribution is -0.115. The highest BCUT2D eigenvalue weighted by Crippen LogP contribution is 2.30. The zero-order valence-corrected chi connectivity index (χ0v) is 18.6. The number of benzene rings is 2. The van der Waals surface area contributed by atoms with E-state index in [2.05, 4.69) is 10.6 Å². The smallest absolute Gasteiger partial charge is 0.265 e. The van der Waals surface area contributed by atoms with Crippen LogP contribution in [0.3, 0.4) is 0 Å². The number of halogens is 2. The highest BCUT2D eigenvalue weighted by Gasteiger charge is 2.19. The number of carbonyl (C=O) groups excluding carboxylic acids is 2. The molecule has 1 atom stereocenters. The van der Waals surface area contributed by atoms with Crippen molar-refractivity contribution >= 4 is 69.5 Å². The molecule has 3 aromatic rings. The highest BCUT2D eigenvalue weighted by molar-refractivity contribution is 8.00. The Morgan fingerprint density at radius 3 is 2.41 bits per heavy atom. The summed E-state index contributed by atoms with van der Waals surface area (Å²) in [5.41, 5.74) is 1.24. The van der Waals surface area contributed by atoms with Gasteiger partial charge >= 0.3 is 0 Å². The lowest BCUT2D eigenvalue weighted by Gasteiger charge is -2.16. The van der Waals surface area contributed by atoms with Crippen LogP contribution < -0.4 is 10.6 Å². The second-order valence-electron chi connectivity index (χ2n) is 6.12. The van der Waals surface area contributed by atoms with Gasteiger partial charge in [0.25, 0.3) is 5.91 Å². The molecule has 1 aromatic heterocycles. The van der Waals surface area contributed by atoms with Crippen LogP contribution >= 0.6 is 46.3 Å². The second-order valence-corrected chi connectivity index (χ2v) is 9.22. The van der Waals surface area contributed by atoms with E-state index >= 15 is 0 Å². The average molecular weight is 465 g/mol. The van der Waals surface area contributed by atoms with Crippen LogP contribution in [0.25, 0.3) is 0 Å². The molecule has 0 radical (unpaired) electrons. The zero-order chi connectivity index (χ0) is 20.8. The molecule has 2 amide bonds. The van der Waals surface area contributed by atoms with Crippen molar-refractivity contribution in [2.75, 3.05) is 10.6 Å². The fourth-order valence-corrected chi connectivity index (χ4v) is 4.74. The molecule has 0 fully saturated rings. The summed E-state index contributed by atoms with van der Waals surface area (Å²) in [5.74, 6) is -0.284. The third-order valence-electron chi connectivity index (χ3n) is 3.91. The van der Waals surface area contributed by atoms with Gasteiger partial charge in [-0.25, -0.2) is 0 Å². The summed E-state index contributed by atoms with van der Waals surface area (Å²) in [6.45, 7) is 1.95. The molecule has 0 bridgehead atoms. The molecular weight excluding hydrogens is 447 g/mol. The number of hydrogen-bond donors (Lipinski definition) is 2. The lowest BCUT2D eigenvalue weighted by Crippen LogP contribution is -2.24. The van der Waals surface area contributed by atoms with Crippen molar-refractivity contribution in [2.45, 2.75) is 23.5 Å².